The monoisotopic (exact) mass is 391 g/mol. The summed E-state index contributed by atoms with van der Waals surface area (Å²) in [7, 11) is 0. The van der Waals surface area contributed by atoms with Gasteiger partial charge < -0.3 is 34.5 Å². The van der Waals surface area contributed by atoms with Gasteiger partial charge in [-0.2, -0.15) is 0 Å². The van der Waals surface area contributed by atoms with Crippen LogP contribution in [0.2, 0.25) is 0 Å². The quantitative estimate of drug-likeness (QED) is 0.395. The molecule has 6 atom stereocenters. The molecule has 1 aliphatic heterocycles. The van der Waals surface area contributed by atoms with Gasteiger partial charge in [-0.3, -0.25) is 19.2 Å². The minimum atomic E-state index is -1.48. The molecule has 3 N–H and O–H groups in total. The van der Waals surface area contributed by atoms with Crippen molar-refractivity contribution in [2.45, 2.75) is 70.9 Å². The van der Waals surface area contributed by atoms with Gasteiger partial charge in [-0.15, -0.1) is 0 Å². The zero-order chi connectivity index (χ0) is 20.7. The molecule has 1 rings (SSSR count). The predicted octanol–water partition coefficient (Wildman–Crippen LogP) is -1.22. The molecule has 1 fully saturated rings. The molecule has 1 saturated heterocycles. The Morgan fingerprint density at radius 1 is 1.04 bits per heavy atom. The third-order valence-electron chi connectivity index (χ3n) is 3.62. The summed E-state index contributed by atoms with van der Waals surface area (Å²) < 4.78 is 25.5. The predicted molar refractivity (Wildman–Crippen MR) is 86.8 cm³/mol. The molecule has 11 heteroatoms. The first-order valence-corrected chi connectivity index (χ1v) is 8.25. The number of aliphatic hydroxyl groups excluding tert-OH is 1. The van der Waals surface area contributed by atoms with Crippen molar-refractivity contribution in [1.29, 1.82) is 0 Å². The summed E-state index contributed by atoms with van der Waals surface area (Å²) in [5.41, 5.74) is 6.08. The first-order valence-electron chi connectivity index (χ1n) is 8.25. The van der Waals surface area contributed by atoms with Gasteiger partial charge in [0.1, 0.15) is 24.9 Å². The standard InChI is InChI=1S/C16H25NO10/c1-7(18)23-6-11(22)15(26-10(4)21)16-14(17)12(24-8(2)19)5-13(27-16)25-9(3)20/h11-16,22H,5-6,17H2,1-4H3/t11-,12+,13?,14-,15-,16-/m1/s1. The maximum absolute atomic E-state index is 11.5. The Labute approximate surface area is 156 Å². The van der Waals surface area contributed by atoms with Crippen LogP contribution < -0.4 is 5.73 Å². The minimum absolute atomic E-state index is 0.0380. The van der Waals surface area contributed by atoms with Crippen molar-refractivity contribution in [3.8, 4) is 0 Å². The summed E-state index contributed by atoms with van der Waals surface area (Å²) in [4.78, 5) is 45.0. The van der Waals surface area contributed by atoms with E-state index in [0.717, 1.165) is 20.8 Å². The SMILES string of the molecule is CC(=O)OC[C@@H](O)[C@@H](OC(C)=O)[C@@H]1OC(OC(C)=O)C[C@H](OC(C)=O)[C@H]1N. The second kappa shape index (κ2) is 10.2. The van der Waals surface area contributed by atoms with Gasteiger partial charge in [-0.1, -0.05) is 0 Å². The summed E-state index contributed by atoms with van der Waals surface area (Å²) in [6.45, 7) is 4.09. The Balaban J connectivity index is 3.08. The number of aliphatic hydroxyl groups is 1. The molecule has 0 saturated carbocycles. The maximum Gasteiger partial charge on any atom is 0.304 e. The fraction of sp³-hybridized carbons (Fsp3) is 0.750. The number of carbonyl (C=O) groups excluding carboxylic acids is 4. The highest BCUT2D eigenvalue weighted by molar-refractivity contribution is 5.67. The second-order valence-corrected chi connectivity index (χ2v) is 6.04. The van der Waals surface area contributed by atoms with Crippen molar-refractivity contribution in [2.24, 2.45) is 5.73 Å². The lowest BCUT2D eigenvalue weighted by Crippen LogP contribution is -2.62. The van der Waals surface area contributed by atoms with Crippen LogP contribution in [-0.2, 0) is 42.9 Å². The van der Waals surface area contributed by atoms with Crippen molar-refractivity contribution in [3.05, 3.63) is 0 Å². The maximum atomic E-state index is 11.5. The van der Waals surface area contributed by atoms with Crippen LogP contribution in [0.1, 0.15) is 34.1 Å². The third kappa shape index (κ3) is 7.49. The van der Waals surface area contributed by atoms with E-state index in [1.54, 1.807) is 0 Å². The Morgan fingerprint density at radius 2 is 1.63 bits per heavy atom. The fourth-order valence-corrected chi connectivity index (χ4v) is 2.63. The Hall–Kier alpha value is -2.24. The van der Waals surface area contributed by atoms with Crippen molar-refractivity contribution in [2.75, 3.05) is 6.61 Å². The van der Waals surface area contributed by atoms with E-state index in [1.165, 1.54) is 6.92 Å². The van der Waals surface area contributed by atoms with Gasteiger partial charge in [-0.25, -0.2) is 0 Å². The van der Waals surface area contributed by atoms with E-state index >= 15 is 0 Å². The largest absolute Gasteiger partial charge is 0.463 e. The molecule has 0 aromatic carbocycles. The van der Waals surface area contributed by atoms with Crippen LogP contribution in [0, 0.1) is 0 Å². The van der Waals surface area contributed by atoms with Crippen LogP contribution in [0.15, 0.2) is 0 Å². The van der Waals surface area contributed by atoms with Crippen molar-refractivity contribution in [3.63, 3.8) is 0 Å². The van der Waals surface area contributed by atoms with Gasteiger partial charge in [0.2, 0.25) is 6.29 Å². The summed E-state index contributed by atoms with van der Waals surface area (Å²) in [5, 5.41) is 10.3. The van der Waals surface area contributed by atoms with Crippen LogP contribution >= 0.6 is 0 Å². The highest BCUT2D eigenvalue weighted by Gasteiger charge is 2.47. The summed E-state index contributed by atoms with van der Waals surface area (Å²) >= 11 is 0. The summed E-state index contributed by atoms with van der Waals surface area (Å²) in [6.07, 6.45) is -6.16. The molecular formula is C16H25NO10. The number of nitrogens with two attached hydrogens (primary N) is 1. The van der Waals surface area contributed by atoms with Crippen LogP contribution in [-0.4, -0.2) is 72.3 Å². The van der Waals surface area contributed by atoms with Crippen LogP contribution in [0.5, 0.6) is 0 Å². The van der Waals surface area contributed by atoms with Gasteiger partial charge in [-0.05, 0) is 0 Å². The zero-order valence-electron chi connectivity index (χ0n) is 15.6. The molecule has 27 heavy (non-hydrogen) atoms. The van der Waals surface area contributed by atoms with Gasteiger partial charge in [0.25, 0.3) is 0 Å². The van der Waals surface area contributed by atoms with Gasteiger partial charge in [0.15, 0.2) is 6.10 Å². The highest BCUT2D eigenvalue weighted by atomic mass is 16.7. The van der Waals surface area contributed by atoms with E-state index in [4.69, 9.17) is 29.4 Å². The molecule has 154 valence electrons. The third-order valence-corrected chi connectivity index (χ3v) is 3.62. The number of carbonyl (C=O) groups is 4. The molecule has 1 unspecified atom stereocenters. The number of esters is 4. The lowest BCUT2D eigenvalue weighted by molar-refractivity contribution is -0.251. The van der Waals surface area contributed by atoms with Crippen LogP contribution in [0.3, 0.4) is 0 Å². The molecule has 0 radical (unpaired) electrons. The number of hydrogen-bond acceptors (Lipinski definition) is 11. The van der Waals surface area contributed by atoms with Crippen LogP contribution in [0.25, 0.3) is 0 Å². The highest BCUT2D eigenvalue weighted by Crippen LogP contribution is 2.27. The van der Waals surface area contributed by atoms with E-state index in [-0.39, 0.29) is 6.42 Å². The molecule has 0 aromatic heterocycles. The average molecular weight is 391 g/mol. The normalized spacial score (nSPS) is 27.0. The fourth-order valence-electron chi connectivity index (χ4n) is 2.63. The summed E-state index contributed by atoms with van der Waals surface area (Å²) in [5.74, 6) is -2.68. The topological polar surface area (TPSA) is 161 Å². The molecule has 0 bridgehead atoms. The lowest BCUT2D eigenvalue weighted by atomic mass is 9.92. The molecule has 0 amide bonds. The molecule has 0 aliphatic carbocycles. The van der Waals surface area contributed by atoms with Gasteiger partial charge in [0, 0.05) is 34.1 Å². The van der Waals surface area contributed by atoms with Crippen molar-refractivity contribution in [1.82, 2.24) is 0 Å². The molecule has 1 aliphatic rings. The first-order chi connectivity index (χ1) is 12.5. The van der Waals surface area contributed by atoms with Crippen LogP contribution in [0.4, 0.5) is 0 Å². The van der Waals surface area contributed by atoms with E-state index in [9.17, 15) is 24.3 Å². The molecule has 11 nitrogen and oxygen atoms in total. The van der Waals surface area contributed by atoms with Crippen molar-refractivity contribution < 1.29 is 48.0 Å². The van der Waals surface area contributed by atoms with Gasteiger partial charge >= 0.3 is 23.9 Å². The Bertz CT molecular complexity index is 565. The molecule has 0 aromatic rings. The van der Waals surface area contributed by atoms with E-state index < -0.39 is 67.2 Å². The summed E-state index contributed by atoms with van der Waals surface area (Å²) in [6, 6.07) is -1.02. The Morgan fingerprint density at radius 3 is 2.11 bits per heavy atom. The Kier molecular flexibility index (Phi) is 8.60. The van der Waals surface area contributed by atoms with Crippen molar-refractivity contribution >= 4 is 23.9 Å². The number of ether oxygens (including phenoxy) is 5. The minimum Gasteiger partial charge on any atom is -0.463 e. The number of hydrogen-bond donors (Lipinski definition) is 2. The molecule has 0 spiro atoms. The smallest absolute Gasteiger partial charge is 0.304 e. The second-order valence-electron chi connectivity index (χ2n) is 6.04. The van der Waals surface area contributed by atoms with E-state index in [2.05, 4.69) is 0 Å². The first kappa shape index (κ1) is 22.8. The molecular weight excluding hydrogens is 366 g/mol. The average Bonchev–Trinajstić information content (AvgIpc) is 2.52. The molecule has 1 heterocycles. The lowest BCUT2D eigenvalue weighted by Gasteiger charge is -2.42. The van der Waals surface area contributed by atoms with E-state index in [0.29, 0.717) is 0 Å². The van der Waals surface area contributed by atoms with Gasteiger partial charge in [0.05, 0.1) is 6.04 Å². The number of rotatable bonds is 7. The van der Waals surface area contributed by atoms with E-state index in [1.807, 2.05) is 0 Å². The zero-order valence-corrected chi connectivity index (χ0v) is 15.6.